The van der Waals surface area contributed by atoms with Gasteiger partial charge in [0, 0.05) is 20.1 Å². The van der Waals surface area contributed by atoms with E-state index in [4.69, 9.17) is 0 Å². The molecular weight excluding hydrogens is 288 g/mol. The first-order valence-corrected chi connectivity index (χ1v) is 7.66. The molecule has 0 saturated carbocycles. The van der Waals surface area contributed by atoms with Crippen molar-refractivity contribution in [2.75, 3.05) is 12.8 Å². The van der Waals surface area contributed by atoms with Crippen LogP contribution in [0.25, 0.3) is 0 Å². The molecule has 0 saturated heterocycles. The number of nitrogens with zero attached hydrogens (tertiary/aromatic N) is 3. The van der Waals surface area contributed by atoms with E-state index in [1.54, 1.807) is 11.9 Å². The van der Waals surface area contributed by atoms with E-state index in [-0.39, 0.29) is 17.3 Å². The van der Waals surface area contributed by atoms with E-state index in [0.29, 0.717) is 18.2 Å². The lowest BCUT2D eigenvalue weighted by Gasteiger charge is -2.16. The first-order valence-electron chi connectivity index (χ1n) is 6.67. The van der Waals surface area contributed by atoms with Crippen LogP contribution in [0.2, 0.25) is 0 Å². The predicted octanol–water partition coefficient (Wildman–Crippen LogP) is 1.34. The lowest BCUT2D eigenvalue weighted by Crippen LogP contribution is -2.28. The maximum Gasteiger partial charge on any atom is 0.343 e. The van der Waals surface area contributed by atoms with Crippen LogP contribution in [0.15, 0.2) is 40.3 Å². The lowest BCUT2D eigenvalue weighted by atomic mass is 10.2. The normalized spacial score (nSPS) is 10.6. The van der Waals surface area contributed by atoms with Crippen LogP contribution in [-0.2, 0) is 17.9 Å². The Morgan fingerprint density at radius 1 is 1.38 bits per heavy atom. The molecular formula is C14H18N4O2S. The molecule has 6 nitrogen and oxygen atoms in total. The number of aromatic nitrogens is 3. The van der Waals surface area contributed by atoms with Gasteiger partial charge in [0.2, 0.25) is 5.91 Å². The molecule has 21 heavy (non-hydrogen) atoms. The fourth-order valence-electron chi connectivity index (χ4n) is 1.87. The molecule has 1 N–H and O–H groups in total. The molecule has 0 fully saturated rings. The van der Waals surface area contributed by atoms with E-state index in [9.17, 15) is 9.59 Å². The van der Waals surface area contributed by atoms with E-state index in [1.165, 1.54) is 16.3 Å². The van der Waals surface area contributed by atoms with Gasteiger partial charge in [-0.3, -0.25) is 9.36 Å². The maximum absolute atomic E-state index is 12.1. The van der Waals surface area contributed by atoms with Gasteiger partial charge in [-0.25, -0.2) is 9.89 Å². The quantitative estimate of drug-likeness (QED) is 0.818. The minimum Gasteiger partial charge on any atom is -0.341 e. The fraction of sp³-hybridized carbons (Fsp3) is 0.357. The van der Waals surface area contributed by atoms with Crippen LogP contribution in [0.4, 0.5) is 0 Å². The van der Waals surface area contributed by atoms with Gasteiger partial charge in [0.15, 0.2) is 5.16 Å². The number of carbonyl (C=O) groups is 1. The van der Waals surface area contributed by atoms with Gasteiger partial charge in [-0.2, -0.15) is 0 Å². The summed E-state index contributed by atoms with van der Waals surface area (Å²) in [6.07, 6.45) is 0. The number of aromatic amines is 1. The monoisotopic (exact) mass is 306 g/mol. The third-order valence-corrected chi connectivity index (χ3v) is 4.01. The van der Waals surface area contributed by atoms with E-state index < -0.39 is 0 Å². The molecule has 0 aliphatic carbocycles. The molecule has 1 amide bonds. The van der Waals surface area contributed by atoms with E-state index >= 15 is 0 Å². The standard InChI is InChI=1S/C14H18N4O2S/c1-3-18-13(20)15-16-14(18)21-10-12(19)17(2)9-11-7-5-4-6-8-11/h4-8H,3,9-10H2,1-2H3,(H,15,20). The average molecular weight is 306 g/mol. The molecule has 0 aliphatic rings. The summed E-state index contributed by atoms with van der Waals surface area (Å²) < 4.78 is 1.51. The van der Waals surface area contributed by atoms with Crippen LogP contribution in [0.5, 0.6) is 0 Å². The van der Waals surface area contributed by atoms with Gasteiger partial charge < -0.3 is 4.90 Å². The van der Waals surface area contributed by atoms with Gasteiger partial charge in [0.1, 0.15) is 0 Å². The van der Waals surface area contributed by atoms with Crippen LogP contribution >= 0.6 is 11.8 Å². The summed E-state index contributed by atoms with van der Waals surface area (Å²) in [5.74, 6) is 0.259. The molecule has 0 spiro atoms. The summed E-state index contributed by atoms with van der Waals surface area (Å²) in [7, 11) is 1.77. The topological polar surface area (TPSA) is 71.0 Å². The Hall–Kier alpha value is -2.02. The zero-order chi connectivity index (χ0) is 15.2. The Morgan fingerprint density at radius 3 is 2.76 bits per heavy atom. The molecule has 0 unspecified atom stereocenters. The number of carbonyl (C=O) groups excluding carboxylic acids is 1. The largest absolute Gasteiger partial charge is 0.343 e. The molecule has 2 rings (SSSR count). The zero-order valence-electron chi connectivity index (χ0n) is 12.1. The van der Waals surface area contributed by atoms with Crippen LogP contribution in [0, 0.1) is 0 Å². The second-order valence-corrected chi connectivity index (χ2v) is 5.52. The third-order valence-electron chi connectivity index (χ3n) is 3.05. The van der Waals surface area contributed by atoms with E-state index in [2.05, 4.69) is 10.2 Å². The molecule has 1 aromatic heterocycles. The number of thioether (sulfide) groups is 1. The first-order chi connectivity index (χ1) is 10.1. The number of H-pyrrole nitrogens is 1. The second-order valence-electron chi connectivity index (χ2n) is 4.58. The lowest BCUT2D eigenvalue weighted by molar-refractivity contribution is -0.127. The Labute approximate surface area is 127 Å². The van der Waals surface area contributed by atoms with Crippen molar-refractivity contribution in [1.82, 2.24) is 19.7 Å². The van der Waals surface area contributed by atoms with Crippen LogP contribution in [-0.4, -0.2) is 38.4 Å². The van der Waals surface area contributed by atoms with E-state index in [1.807, 2.05) is 37.3 Å². The molecule has 7 heteroatoms. The highest BCUT2D eigenvalue weighted by atomic mass is 32.2. The van der Waals surface area contributed by atoms with E-state index in [0.717, 1.165) is 5.56 Å². The molecule has 2 aromatic rings. The van der Waals surface area contributed by atoms with Gasteiger partial charge in [-0.15, -0.1) is 5.10 Å². The molecule has 0 atom stereocenters. The summed E-state index contributed by atoms with van der Waals surface area (Å²) in [5.41, 5.74) is 0.841. The highest BCUT2D eigenvalue weighted by Gasteiger charge is 2.13. The Kier molecular flexibility index (Phi) is 5.21. The SMILES string of the molecule is CCn1c(SCC(=O)N(C)Cc2ccccc2)n[nH]c1=O. The second kappa shape index (κ2) is 7.12. The third kappa shape index (κ3) is 3.98. The van der Waals surface area contributed by atoms with Gasteiger partial charge in [0.05, 0.1) is 5.75 Å². The highest BCUT2D eigenvalue weighted by Crippen LogP contribution is 2.14. The maximum atomic E-state index is 12.1. The summed E-state index contributed by atoms with van der Waals surface area (Å²) >= 11 is 1.27. The van der Waals surface area contributed by atoms with Crippen molar-refractivity contribution in [2.24, 2.45) is 0 Å². The first kappa shape index (κ1) is 15.4. The van der Waals surface area contributed by atoms with Gasteiger partial charge in [-0.05, 0) is 12.5 Å². The van der Waals surface area contributed by atoms with Crippen molar-refractivity contribution in [3.05, 3.63) is 46.4 Å². The number of benzene rings is 1. The number of nitrogens with one attached hydrogen (secondary N) is 1. The summed E-state index contributed by atoms with van der Waals surface area (Å²) in [6.45, 7) is 2.97. The smallest absolute Gasteiger partial charge is 0.341 e. The van der Waals surface area contributed by atoms with Gasteiger partial charge in [0.25, 0.3) is 0 Å². The molecule has 112 valence electrons. The van der Waals surface area contributed by atoms with Crippen molar-refractivity contribution in [3.8, 4) is 0 Å². The van der Waals surface area contributed by atoms with Crippen LogP contribution < -0.4 is 5.69 Å². The number of rotatable bonds is 6. The minimum atomic E-state index is -0.245. The Bertz CT molecular complexity index is 650. The van der Waals surface area contributed by atoms with Crippen molar-refractivity contribution in [2.45, 2.75) is 25.2 Å². The molecule has 0 bridgehead atoms. The number of hydrogen-bond donors (Lipinski definition) is 1. The Balaban J connectivity index is 1.91. The van der Waals surface area contributed by atoms with Gasteiger partial charge >= 0.3 is 5.69 Å². The predicted molar refractivity (Wildman–Crippen MR) is 82.2 cm³/mol. The van der Waals surface area contributed by atoms with Gasteiger partial charge in [-0.1, -0.05) is 42.1 Å². The summed E-state index contributed by atoms with van der Waals surface area (Å²) in [4.78, 5) is 25.2. The molecule has 1 heterocycles. The zero-order valence-corrected chi connectivity index (χ0v) is 12.9. The average Bonchev–Trinajstić information content (AvgIpc) is 2.85. The summed E-state index contributed by atoms with van der Waals surface area (Å²) in [5, 5.41) is 6.86. The number of hydrogen-bond acceptors (Lipinski definition) is 4. The van der Waals surface area contributed by atoms with Crippen molar-refractivity contribution in [1.29, 1.82) is 0 Å². The Morgan fingerprint density at radius 2 is 2.10 bits per heavy atom. The molecule has 1 aromatic carbocycles. The van der Waals surface area contributed by atoms with Crippen LogP contribution in [0.1, 0.15) is 12.5 Å². The van der Waals surface area contributed by atoms with Crippen molar-refractivity contribution in [3.63, 3.8) is 0 Å². The fourth-order valence-corrected chi connectivity index (χ4v) is 2.83. The highest BCUT2D eigenvalue weighted by molar-refractivity contribution is 7.99. The van der Waals surface area contributed by atoms with Crippen molar-refractivity contribution >= 4 is 17.7 Å². The molecule has 0 aliphatic heterocycles. The molecule has 0 radical (unpaired) electrons. The van der Waals surface area contributed by atoms with Crippen LogP contribution in [0.3, 0.4) is 0 Å². The summed E-state index contributed by atoms with van der Waals surface area (Å²) in [6, 6.07) is 9.82. The number of amides is 1. The minimum absolute atomic E-state index is 0.00181. The van der Waals surface area contributed by atoms with Crippen molar-refractivity contribution < 1.29 is 4.79 Å².